The zero-order valence-electron chi connectivity index (χ0n) is 13.7. The molecule has 2 amide bonds. The highest BCUT2D eigenvalue weighted by molar-refractivity contribution is 6.17. The van der Waals surface area contributed by atoms with E-state index in [1.165, 1.54) is 6.08 Å². The SMILES string of the molecule is Cc1cccc(NC2=CC(=O)N(CCO)C2=O)c1Oc1ccccc1. The number of nitrogens with zero attached hydrogens (tertiary/aromatic N) is 1. The third kappa shape index (κ3) is 3.54. The number of hydrogen-bond donors (Lipinski definition) is 2. The molecule has 6 nitrogen and oxygen atoms in total. The van der Waals surface area contributed by atoms with Crippen molar-refractivity contribution in [2.24, 2.45) is 0 Å². The maximum atomic E-state index is 12.3. The van der Waals surface area contributed by atoms with Crippen LogP contribution in [-0.4, -0.2) is 35.0 Å². The molecule has 2 aromatic rings. The lowest BCUT2D eigenvalue weighted by Gasteiger charge is -2.17. The number of nitrogens with one attached hydrogen (secondary N) is 1. The molecule has 1 aliphatic heterocycles. The van der Waals surface area contributed by atoms with E-state index in [2.05, 4.69) is 5.32 Å². The molecule has 25 heavy (non-hydrogen) atoms. The van der Waals surface area contributed by atoms with E-state index in [-0.39, 0.29) is 18.8 Å². The van der Waals surface area contributed by atoms with Gasteiger partial charge in [-0.25, -0.2) is 0 Å². The summed E-state index contributed by atoms with van der Waals surface area (Å²) in [5.41, 5.74) is 1.63. The molecule has 0 fully saturated rings. The molecule has 0 saturated carbocycles. The molecule has 0 bridgehead atoms. The Morgan fingerprint density at radius 3 is 2.56 bits per heavy atom. The summed E-state index contributed by atoms with van der Waals surface area (Å²) >= 11 is 0. The van der Waals surface area contributed by atoms with E-state index < -0.39 is 11.8 Å². The zero-order valence-corrected chi connectivity index (χ0v) is 13.7. The first-order chi connectivity index (χ1) is 12.1. The molecule has 0 aliphatic carbocycles. The van der Waals surface area contributed by atoms with Crippen molar-refractivity contribution in [1.29, 1.82) is 0 Å². The van der Waals surface area contributed by atoms with Gasteiger partial charge in [0.25, 0.3) is 11.8 Å². The third-order valence-electron chi connectivity index (χ3n) is 3.78. The number of carbonyl (C=O) groups is 2. The molecule has 0 unspecified atom stereocenters. The van der Waals surface area contributed by atoms with Crippen LogP contribution in [0.2, 0.25) is 0 Å². The number of imide groups is 1. The van der Waals surface area contributed by atoms with Crippen molar-refractivity contribution in [2.45, 2.75) is 6.92 Å². The molecule has 1 heterocycles. The molecule has 0 radical (unpaired) electrons. The van der Waals surface area contributed by atoms with Gasteiger partial charge in [0.1, 0.15) is 11.4 Å². The van der Waals surface area contributed by atoms with Crippen molar-refractivity contribution < 1.29 is 19.4 Å². The van der Waals surface area contributed by atoms with Crippen molar-refractivity contribution in [1.82, 2.24) is 4.90 Å². The summed E-state index contributed by atoms with van der Waals surface area (Å²) in [5, 5.41) is 12.0. The Hall–Kier alpha value is -3.12. The number of carbonyl (C=O) groups excluding carboxylic acids is 2. The minimum Gasteiger partial charge on any atom is -0.455 e. The molecule has 128 valence electrons. The number of hydrogen-bond acceptors (Lipinski definition) is 5. The fourth-order valence-electron chi connectivity index (χ4n) is 2.55. The minimum atomic E-state index is -0.466. The number of aliphatic hydroxyl groups excluding tert-OH is 1. The summed E-state index contributed by atoms with van der Waals surface area (Å²) in [6.45, 7) is 1.60. The van der Waals surface area contributed by atoms with Crippen LogP contribution in [0.1, 0.15) is 5.56 Å². The van der Waals surface area contributed by atoms with Crippen LogP contribution in [-0.2, 0) is 9.59 Å². The van der Waals surface area contributed by atoms with Gasteiger partial charge in [0.05, 0.1) is 18.8 Å². The van der Waals surface area contributed by atoms with E-state index >= 15 is 0 Å². The number of rotatable bonds is 6. The summed E-state index contributed by atoms with van der Waals surface area (Å²) in [4.78, 5) is 25.1. The van der Waals surface area contributed by atoms with Crippen molar-refractivity contribution in [3.8, 4) is 11.5 Å². The van der Waals surface area contributed by atoms with E-state index in [0.29, 0.717) is 17.2 Å². The Balaban J connectivity index is 1.86. The summed E-state index contributed by atoms with van der Waals surface area (Å²) in [7, 11) is 0. The summed E-state index contributed by atoms with van der Waals surface area (Å²) in [6.07, 6.45) is 1.23. The average molecular weight is 338 g/mol. The molecule has 3 rings (SSSR count). The Morgan fingerprint density at radius 1 is 1.08 bits per heavy atom. The number of aryl methyl sites for hydroxylation is 1. The van der Waals surface area contributed by atoms with Crippen LogP contribution in [0.4, 0.5) is 5.69 Å². The summed E-state index contributed by atoms with van der Waals surface area (Å²) in [6, 6.07) is 14.8. The lowest BCUT2D eigenvalue weighted by molar-refractivity contribution is -0.137. The fourth-order valence-corrected chi connectivity index (χ4v) is 2.55. The monoisotopic (exact) mass is 338 g/mol. The highest BCUT2D eigenvalue weighted by atomic mass is 16.5. The van der Waals surface area contributed by atoms with E-state index in [1.54, 1.807) is 6.07 Å². The van der Waals surface area contributed by atoms with E-state index in [4.69, 9.17) is 9.84 Å². The lowest BCUT2D eigenvalue weighted by atomic mass is 10.2. The number of anilines is 1. The number of para-hydroxylation sites is 2. The van der Waals surface area contributed by atoms with Gasteiger partial charge in [-0.05, 0) is 30.7 Å². The maximum Gasteiger partial charge on any atom is 0.277 e. The predicted molar refractivity (Wildman–Crippen MR) is 93.2 cm³/mol. The quantitative estimate of drug-likeness (QED) is 0.791. The second-order valence-corrected chi connectivity index (χ2v) is 5.57. The van der Waals surface area contributed by atoms with Gasteiger partial charge >= 0.3 is 0 Å². The van der Waals surface area contributed by atoms with Gasteiger partial charge in [-0.2, -0.15) is 0 Å². The third-order valence-corrected chi connectivity index (χ3v) is 3.78. The number of β-amino-alcohol motifs (C(OH)–C–C–N with tert-alkyl or cyclic N) is 1. The Bertz CT molecular complexity index is 831. The molecule has 0 saturated heterocycles. The number of benzene rings is 2. The van der Waals surface area contributed by atoms with Crippen molar-refractivity contribution in [2.75, 3.05) is 18.5 Å². The normalized spacial score (nSPS) is 13.8. The second kappa shape index (κ2) is 7.19. The Labute approximate surface area is 145 Å². The molecule has 1 aliphatic rings. The topological polar surface area (TPSA) is 78.9 Å². The van der Waals surface area contributed by atoms with Gasteiger partial charge in [0.15, 0.2) is 5.75 Å². The van der Waals surface area contributed by atoms with Gasteiger partial charge in [-0.3, -0.25) is 14.5 Å². The van der Waals surface area contributed by atoms with Crippen molar-refractivity contribution in [3.63, 3.8) is 0 Å². The summed E-state index contributed by atoms with van der Waals surface area (Å²) in [5.74, 6) is 0.339. The fraction of sp³-hybridized carbons (Fsp3) is 0.158. The van der Waals surface area contributed by atoms with Crippen LogP contribution in [0.5, 0.6) is 11.5 Å². The van der Waals surface area contributed by atoms with Crippen LogP contribution in [0.25, 0.3) is 0 Å². The van der Waals surface area contributed by atoms with Crippen LogP contribution in [0.3, 0.4) is 0 Å². The van der Waals surface area contributed by atoms with Crippen LogP contribution in [0.15, 0.2) is 60.3 Å². The molecule has 2 aromatic carbocycles. The summed E-state index contributed by atoms with van der Waals surface area (Å²) < 4.78 is 5.95. The first-order valence-electron chi connectivity index (χ1n) is 7.88. The largest absolute Gasteiger partial charge is 0.455 e. The maximum absolute atomic E-state index is 12.3. The number of ether oxygens (including phenoxy) is 1. The van der Waals surface area contributed by atoms with E-state index in [9.17, 15) is 9.59 Å². The van der Waals surface area contributed by atoms with Crippen LogP contribution in [0, 0.1) is 6.92 Å². The molecule has 0 aromatic heterocycles. The smallest absolute Gasteiger partial charge is 0.277 e. The van der Waals surface area contributed by atoms with Gasteiger partial charge in [-0.1, -0.05) is 30.3 Å². The predicted octanol–water partition coefficient (Wildman–Crippen LogP) is 2.44. The molecular formula is C19H18N2O4. The first-order valence-corrected chi connectivity index (χ1v) is 7.88. The number of aliphatic hydroxyl groups is 1. The van der Waals surface area contributed by atoms with Crippen molar-refractivity contribution >= 4 is 17.5 Å². The molecular weight excluding hydrogens is 320 g/mol. The average Bonchev–Trinajstić information content (AvgIpc) is 2.87. The van der Waals surface area contributed by atoms with Gasteiger partial charge in [0.2, 0.25) is 0 Å². The Morgan fingerprint density at radius 2 is 1.84 bits per heavy atom. The highest BCUT2D eigenvalue weighted by Gasteiger charge is 2.31. The van der Waals surface area contributed by atoms with E-state index in [0.717, 1.165) is 10.5 Å². The van der Waals surface area contributed by atoms with Gasteiger partial charge in [-0.15, -0.1) is 0 Å². The van der Waals surface area contributed by atoms with Crippen LogP contribution < -0.4 is 10.1 Å². The Kier molecular flexibility index (Phi) is 4.81. The second-order valence-electron chi connectivity index (χ2n) is 5.57. The standard InChI is InChI=1S/C19H18N2O4/c1-13-6-5-9-15(18(13)25-14-7-3-2-4-8-14)20-16-12-17(23)21(10-11-22)19(16)24/h2-9,12,20,22H,10-11H2,1H3. The first kappa shape index (κ1) is 16.7. The zero-order chi connectivity index (χ0) is 17.8. The van der Waals surface area contributed by atoms with Crippen molar-refractivity contribution in [3.05, 3.63) is 65.9 Å². The molecule has 6 heteroatoms. The van der Waals surface area contributed by atoms with Gasteiger partial charge in [0, 0.05) is 6.08 Å². The van der Waals surface area contributed by atoms with E-state index in [1.807, 2.05) is 49.4 Å². The highest BCUT2D eigenvalue weighted by Crippen LogP contribution is 2.34. The van der Waals surface area contributed by atoms with Crippen LogP contribution >= 0.6 is 0 Å². The van der Waals surface area contributed by atoms with Gasteiger partial charge < -0.3 is 15.2 Å². The number of amides is 2. The molecule has 0 spiro atoms. The molecule has 2 N–H and O–H groups in total. The molecule has 0 atom stereocenters. The minimum absolute atomic E-state index is 0.0272. The lowest BCUT2D eigenvalue weighted by Crippen LogP contribution is -2.34.